The van der Waals surface area contributed by atoms with E-state index in [1.54, 1.807) is 12.1 Å². The number of halogens is 1. The van der Waals surface area contributed by atoms with Gasteiger partial charge in [-0.3, -0.25) is 0 Å². The first-order valence-corrected chi connectivity index (χ1v) is 3.67. The molecule has 11 heavy (non-hydrogen) atoms. The molecule has 0 aromatic heterocycles. The molecule has 1 aliphatic heterocycles. The summed E-state index contributed by atoms with van der Waals surface area (Å²) in [6.45, 7) is 1.94. The van der Waals surface area contributed by atoms with Crippen molar-refractivity contribution < 1.29 is 9.04 Å². The van der Waals surface area contributed by atoms with Crippen LogP contribution < -0.4 is 5.46 Å². The molecule has 1 heterocycles. The van der Waals surface area contributed by atoms with Crippen LogP contribution in [0.1, 0.15) is 18.6 Å². The van der Waals surface area contributed by atoms with Crippen molar-refractivity contribution in [3.63, 3.8) is 0 Å². The third-order valence-corrected chi connectivity index (χ3v) is 2.03. The number of fused-ring (bicyclic) bond motifs is 1. The van der Waals surface area contributed by atoms with Crippen LogP contribution in [-0.2, 0) is 4.65 Å². The second-order valence-electron chi connectivity index (χ2n) is 2.80. The maximum absolute atomic E-state index is 12.7. The fraction of sp³-hybridized carbons (Fsp3) is 0.250. The molecule has 0 unspecified atom stereocenters. The Kier molecular flexibility index (Phi) is 1.46. The van der Waals surface area contributed by atoms with E-state index < -0.39 is 0 Å². The van der Waals surface area contributed by atoms with E-state index in [1.165, 1.54) is 6.07 Å². The van der Waals surface area contributed by atoms with Gasteiger partial charge in [-0.05, 0) is 30.1 Å². The van der Waals surface area contributed by atoms with Crippen LogP contribution in [0.4, 0.5) is 4.39 Å². The van der Waals surface area contributed by atoms with Gasteiger partial charge in [0.1, 0.15) is 5.82 Å². The predicted octanol–water partition coefficient (Wildman–Crippen LogP) is 0.894. The Bertz CT molecular complexity index is 287. The van der Waals surface area contributed by atoms with Crippen molar-refractivity contribution in [1.82, 2.24) is 0 Å². The first-order chi connectivity index (χ1) is 5.27. The quantitative estimate of drug-likeness (QED) is 0.499. The van der Waals surface area contributed by atoms with E-state index in [9.17, 15) is 4.39 Å². The minimum Gasteiger partial charge on any atom is -0.428 e. The standard InChI is InChI=1S/C8H8BFO/c1-5-7-4-6(10)2-3-8(7)9-11-5/h2-5,9H,1H3/t5-/m1/s1. The highest BCUT2D eigenvalue weighted by atomic mass is 19.1. The van der Waals surface area contributed by atoms with Crippen molar-refractivity contribution in [2.24, 2.45) is 0 Å². The van der Waals surface area contributed by atoms with E-state index in [4.69, 9.17) is 4.65 Å². The number of hydrogen-bond donors (Lipinski definition) is 0. The number of hydrogen-bond acceptors (Lipinski definition) is 1. The van der Waals surface area contributed by atoms with Gasteiger partial charge in [-0.25, -0.2) is 4.39 Å². The average molecular weight is 150 g/mol. The zero-order chi connectivity index (χ0) is 7.84. The summed E-state index contributed by atoms with van der Waals surface area (Å²) in [6, 6.07) is 4.81. The summed E-state index contributed by atoms with van der Waals surface area (Å²) in [5.41, 5.74) is 2.10. The SMILES string of the molecule is C[C@H]1OBc2ccc(F)cc21. The third kappa shape index (κ3) is 1.05. The van der Waals surface area contributed by atoms with Gasteiger partial charge >= 0.3 is 7.48 Å². The van der Waals surface area contributed by atoms with E-state index >= 15 is 0 Å². The normalized spacial score (nSPS) is 21.1. The lowest BCUT2D eigenvalue weighted by Crippen LogP contribution is -2.10. The molecule has 0 bridgehead atoms. The molecule has 0 aliphatic carbocycles. The smallest absolute Gasteiger partial charge is 0.309 e. The zero-order valence-corrected chi connectivity index (χ0v) is 6.30. The highest BCUT2D eigenvalue weighted by Crippen LogP contribution is 2.19. The lowest BCUT2D eigenvalue weighted by Gasteiger charge is -2.03. The molecule has 56 valence electrons. The second kappa shape index (κ2) is 2.34. The molecule has 1 aromatic carbocycles. The fourth-order valence-corrected chi connectivity index (χ4v) is 1.38. The molecular formula is C8H8BFO. The summed E-state index contributed by atoms with van der Waals surface area (Å²) in [4.78, 5) is 0. The molecule has 0 fully saturated rings. The fourth-order valence-electron chi connectivity index (χ4n) is 1.38. The Morgan fingerprint density at radius 2 is 2.36 bits per heavy atom. The van der Waals surface area contributed by atoms with E-state index in [1.807, 2.05) is 6.92 Å². The minimum atomic E-state index is -0.180. The molecule has 1 aromatic rings. The van der Waals surface area contributed by atoms with Gasteiger partial charge in [-0.15, -0.1) is 0 Å². The summed E-state index contributed by atoms with van der Waals surface area (Å²) in [5.74, 6) is -0.180. The predicted molar refractivity (Wildman–Crippen MR) is 42.7 cm³/mol. The van der Waals surface area contributed by atoms with Crippen molar-refractivity contribution >= 4 is 12.9 Å². The summed E-state index contributed by atoms with van der Waals surface area (Å²) in [5, 5.41) is 0. The van der Waals surface area contributed by atoms with E-state index in [0.29, 0.717) is 7.48 Å². The molecule has 0 radical (unpaired) electrons. The molecule has 0 spiro atoms. The lowest BCUT2D eigenvalue weighted by molar-refractivity contribution is 0.257. The molecule has 1 atom stereocenters. The molecular weight excluding hydrogens is 142 g/mol. The monoisotopic (exact) mass is 150 g/mol. The second-order valence-corrected chi connectivity index (χ2v) is 2.80. The Morgan fingerprint density at radius 1 is 1.55 bits per heavy atom. The van der Waals surface area contributed by atoms with E-state index in [-0.39, 0.29) is 11.9 Å². The molecule has 0 N–H and O–H groups in total. The maximum atomic E-state index is 12.7. The van der Waals surface area contributed by atoms with Crippen LogP contribution in [-0.4, -0.2) is 7.48 Å². The van der Waals surface area contributed by atoms with Crippen LogP contribution in [0.2, 0.25) is 0 Å². The maximum Gasteiger partial charge on any atom is 0.309 e. The number of benzene rings is 1. The van der Waals surface area contributed by atoms with Gasteiger partial charge in [0.2, 0.25) is 0 Å². The topological polar surface area (TPSA) is 9.23 Å². The minimum absolute atomic E-state index is 0.0562. The van der Waals surface area contributed by atoms with Gasteiger partial charge in [0.15, 0.2) is 0 Å². The Hall–Kier alpha value is -0.825. The van der Waals surface area contributed by atoms with Gasteiger partial charge in [0.05, 0.1) is 6.10 Å². The van der Waals surface area contributed by atoms with Gasteiger partial charge in [0.25, 0.3) is 0 Å². The van der Waals surface area contributed by atoms with E-state index in [0.717, 1.165) is 11.0 Å². The van der Waals surface area contributed by atoms with Crippen molar-refractivity contribution in [1.29, 1.82) is 0 Å². The van der Waals surface area contributed by atoms with E-state index in [2.05, 4.69) is 0 Å². The van der Waals surface area contributed by atoms with Gasteiger partial charge in [-0.1, -0.05) is 6.07 Å². The van der Waals surface area contributed by atoms with Crippen molar-refractivity contribution in [3.8, 4) is 0 Å². The Balaban J connectivity index is 2.52. The van der Waals surface area contributed by atoms with Crippen molar-refractivity contribution in [2.45, 2.75) is 13.0 Å². The van der Waals surface area contributed by atoms with Crippen LogP contribution in [0.3, 0.4) is 0 Å². The highest BCUT2D eigenvalue weighted by molar-refractivity contribution is 6.49. The third-order valence-electron chi connectivity index (χ3n) is 2.03. The number of rotatable bonds is 0. The molecule has 0 amide bonds. The molecule has 0 saturated heterocycles. The van der Waals surface area contributed by atoms with Crippen LogP contribution in [0.25, 0.3) is 0 Å². The zero-order valence-electron chi connectivity index (χ0n) is 6.30. The first-order valence-electron chi connectivity index (χ1n) is 3.67. The van der Waals surface area contributed by atoms with Gasteiger partial charge in [0, 0.05) is 0 Å². The van der Waals surface area contributed by atoms with Crippen LogP contribution in [0.5, 0.6) is 0 Å². The molecule has 1 nitrogen and oxygen atoms in total. The Labute approximate surface area is 65.5 Å². The molecule has 1 aliphatic rings. The van der Waals surface area contributed by atoms with Gasteiger partial charge < -0.3 is 4.65 Å². The summed E-state index contributed by atoms with van der Waals surface area (Å²) < 4.78 is 18.0. The van der Waals surface area contributed by atoms with Gasteiger partial charge in [-0.2, -0.15) is 0 Å². The summed E-state index contributed by atoms with van der Waals surface area (Å²) >= 11 is 0. The van der Waals surface area contributed by atoms with Crippen LogP contribution >= 0.6 is 0 Å². The molecule has 3 heteroatoms. The van der Waals surface area contributed by atoms with Crippen molar-refractivity contribution in [2.75, 3.05) is 0 Å². The average Bonchev–Trinajstić information content (AvgIpc) is 2.33. The summed E-state index contributed by atoms with van der Waals surface area (Å²) in [6.07, 6.45) is 0.0562. The van der Waals surface area contributed by atoms with Crippen molar-refractivity contribution in [3.05, 3.63) is 29.6 Å². The Morgan fingerprint density at radius 3 is 3.18 bits per heavy atom. The summed E-state index contributed by atoms with van der Waals surface area (Å²) in [7, 11) is 0.622. The lowest BCUT2D eigenvalue weighted by atomic mass is 9.87. The van der Waals surface area contributed by atoms with Crippen LogP contribution in [0.15, 0.2) is 18.2 Å². The van der Waals surface area contributed by atoms with Crippen LogP contribution in [0, 0.1) is 5.82 Å². The highest BCUT2D eigenvalue weighted by Gasteiger charge is 2.20. The first kappa shape index (κ1) is 6.86. The molecule has 2 rings (SSSR count). The molecule has 0 saturated carbocycles. The largest absolute Gasteiger partial charge is 0.428 e.